The molecule has 2 aromatic rings. The maximum Gasteiger partial charge on any atom is 0.0643 e. The van der Waals surface area contributed by atoms with E-state index in [0.717, 1.165) is 19.4 Å². The predicted octanol–water partition coefficient (Wildman–Crippen LogP) is 5.87. The smallest absolute Gasteiger partial charge is 0.0643 e. The van der Waals surface area contributed by atoms with Crippen LogP contribution in [0, 0.1) is 5.41 Å². The second-order valence-electron chi connectivity index (χ2n) is 6.49. The Bertz CT molecular complexity index is 627. The molecule has 0 heterocycles. The number of halogens is 1. The summed E-state index contributed by atoms with van der Waals surface area (Å²) in [5, 5.41) is 0. The molecule has 2 heteroatoms. The molecule has 0 radical (unpaired) electrons. The first kappa shape index (κ1) is 16.3. The van der Waals surface area contributed by atoms with E-state index in [-0.39, 0.29) is 5.41 Å². The van der Waals surface area contributed by atoms with Crippen molar-refractivity contribution in [3.05, 3.63) is 71.8 Å². The lowest BCUT2D eigenvalue weighted by atomic mass is 9.70. The van der Waals surface area contributed by atoms with Gasteiger partial charge in [0.05, 0.1) is 6.54 Å². The first-order chi connectivity index (χ1) is 11.3. The summed E-state index contributed by atoms with van der Waals surface area (Å²) in [6, 6.07) is 21.1. The highest BCUT2D eigenvalue weighted by atomic mass is 35.5. The highest BCUT2D eigenvalue weighted by Gasteiger charge is 2.37. The molecule has 0 aliphatic heterocycles. The third-order valence-electron chi connectivity index (χ3n) is 4.88. The van der Waals surface area contributed by atoms with Gasteiger partial charge in [-0.15, -0.1) is 11.6 Å². The van der Waals surface area contributed by atoms with Crippen molar-refractivity contribution in [2.45, 2.75) is 38.6 Å². The second-order valence-corrected chi connectivity index (χ2v) is 6.76. The van der Waals surface area contributed by atoms with Crippen LogP contribution in [0.2, 0.25) is 0 Å². The molecule has 0 N–H and O–H groups in total. The average molecular weight is 326 g/mol. The zero-order chi connectivity index (χ0) is 16.0. The third-order valence-corrected chi connectivity index (χ3v) is 5.39. The van der Waals surface area contributed by atoms with Gasteiger partial charge in [0, 0.05) is 17.0 Å². The summed E-state index contributed by atoms with van der Waals surface area (Å²) < 4.78 is 0. The van der Waals surface area contributed by atoms with Crippen LogP contribution in [-0.2, 0) is 6.54 Å². The summed E-state index contributed by atoms with van der Waals surface area (Å²) >= 11 is 6.48. The molecule has 0 spiro atoms. The van der Waals surface area contributed by atoms with E-state index >= 15 is 0 Å². The lowest BCUT2D eigenvalue weighted by Crippen LogP contribution is -2.36. The molecule has 1 aliphatic rings. The minimum Gasteiger partial charge on any atom is -0.284 e. The zero-order valence-electron chi connectivity index (χ0n) is 13.5. The number of aliphatic imine (C=N–C) groups is 1. The van der Waals surface area contributed by atoms with Crippen LogP contribution in [0.3, 0.4) is 0 Å². The second kappa shape index (κ2) is 7.79. The number of hydrogen-bond donors (Lipinski definition) is 0. The van der Waals surface area contributed by atoms with Gasteiger partial charge in [0.2, 0.25) is 0 Å². The number of benzene rings is 2. The number of alkyl halides is 1. The van der Waals surface area contributed by atoms with Gasteiger partial charge in [-0.05, 0) is 24.0 Å². The summed E-state index contributed by atoms with van der Waals surface area (Å²) in [4.78, 5) is 5.06. The summed E-state index contributed by atoms with van der Waals surface area (Å²) in [6.45, 7) is 0.726. The fourth-order valence-electron chi connectivity index (χ4n) is 3.58. The number of hydrogen-bond acceptors (Lipinski definition) is 1. The lowest BCUT2D eigenvalue weighted by Gasteiger charge is -2.37. The van der Waals surface area contributed by atoms with Crippen LogP contribution in [0.15, 0.2) is 65.7 Å². The van der Waals surface area contributed by atoms with Gasteiger partial charge in [-0.1, -0.05) is 79.9 Å². The van der Waals surface area contributed by atoms with E-state index in [1.807, 2.05) is 6.07 Å². The Labute approximate surface area is 144 Å². The molecule has 0 amide bonds. The van der Waals surface area contributed by atoms with Crippen molar-refractivity contribution in [2.75, 3.05) is 5.88 Å². The Kier molecular flexibility index (Phi) is 5.51. The van der Waals surface area contributed by atoms with E-state index in [1.54, 1.807) is 0 Å². The van der Waals surface area contributed by atoms with Crippen molar-refractivity contribution in [3.8, 4) is 0 Å². The molecule has 2 aromatic carbocycles. The van der Waals surface area contributed by atoms with Gasteiger partial charge < -0.3 is 0 Å². The van der Waals surface area contributed by atoms with E-state index in [0.29, 0.717) is 5.88 Å². The summed E-state index contributed by atoms with van der Waals surface area (Å²) in [6.07, 6.45) is 6.13. The lowest BCUT2D eigenvalue weighted by molar-refractivity contribution is 0.316. The molecule has 0 aromatic heterocycles. The molecule has 0 unspecified atom stereocenters. The van der Waals surface area contributed by atoms with Gasteiger partial charge in [0.25, 0.3) is 0 Å². The SMILES string of the molecule is ClCC1(C(=NCc2ccccc2)c2ccccc2)CCCCC1. The summed E-state index contributed by atoms with van der Waals surface area (Å²) in [5.41, 5.74) is 3.72. The first-order valence-corrected chi connectivity index (χ1v) is 9.08. The summed E-state index contributed by atoms with van der Waals surface area (Å²) in [7, 11) is 0. The van der Waals surface area contributed by atoms with E-state index in [2.05, 4.69) is 54.6 Å². The van der Waals surface area contributed by atoms with Gasteiger partial charge in [0.15, 0.2) is 0 Å². The minimum atomic E-state index is 0.0376. The topological polar surface area (TPSA) is 12.4 Å². The Balaban J connectivity index is 1.96. The molecular formula is C21H24ClN. The fraction of sp³-hybridized carbons (Fsp3) is 0.381. The highest BCUT2D eigenvalue weighted by Crippen LogP contribution is 2.41. The minimum absolute atomic E-state index is 0.0376. The Morgan fingerprint density at radius 3 is 2.09 bits per heavy atom. The molecular weight excluding hydrogens is 302 g/mol. The van der Waals surface area contributed by atoms with Crippen LogP contribution in [0.5, 0.6) is 0 Å². The molecule has 120 valence electrons. The van der Waals surface area contributed by atoms with Crippen molar-refractivity contribution in [2.24, 2.45) is 10.4 Å². The summed E-state index contributed by atoms with van der Waals surface area (Å²) in [5.74, 6) is 0.662. The van der Waals surface area contributed by atoms with Crippen molar-refractivity contribution in [1.29, 1.82) is 0 Å². The monoisotopic (exact) mass is 325 g/mol. The van der Waals surface area contributed by atoms with Crippen LogP contribution >= 0.6 is 11.6 Å². The van der Waals surface area contributed by atoms with E-state index in [9.17, 15) is 0 Å². The van der Waals surface area contributed by atoms with E-state index in [4.69, 9.17) is 16.6 Å². The highest BCUT2D eigenvalue weighted by molar-refractivity contribution is 6.21. The van der Waals surface area contributed by atoms with Crippen molar-refractivity contribution >= 4 is 17.3 Å². The molecule has 0 saturated heterocycles. The first-order valence-electron chi connectivity index (χ1n) is 8.54. The molecule has 23 heavy (non-hydrogen) atoms. The van der Waals surface area contributed by atoms with Crippen LogP contribution in [0.4, 0.5) is 0 Å². The van der Waals surface area contributed by atoms with Crippen molar-refractivity contribution in [3.63, 3.8) is 0 Å². The largest absolute Gasteiger partial charge is 0.284 e. The molecule has 0 bridgehead atoms. The third kappa shape index (κ3) is 3.84. The van der Waals surface area contributed by atoms with Gasteiger partial charge in [-0.3, -0.25) is 4.99 Å². The van der Waals surface area contributed by atoms with E-state index < -0.39 is 0 Å². The predicted molar refractivity (Wildman–Crippen MR) is 99.4 cm³/mol. The van der Waals surface area contributed by atoms with Crippen LogP contribution in [0.1, 0.15) is 43.2 Å². The quantitative estimate of drug-likeness (QED) is 0.482. The molecule has 1 aliphatic carbocycles. The normalized spacial score (nSPS) is 17.9. The standard InChI is InChI=1S/C21H24ClN/c22-17-21(14-8-3-9-15-21)20(19-12-6-2-7-13-19)23-16-18-10-4-1-5-11-18/h1-2,4-7,10-13H,3,8-9,14-17H2. The molecule has 1 nitrogen and oxygen atoms in total. The Hall–Kier alpha value is -1.60. The maximum atomic E-state index is 6.48. The van der Waals surface area contributed by atoms with Gasteiger partial charge >= 0.3 is 0 Å². The number of rotatable bonds is 5. The zero-order valence-corrected chi connectivity index (χ0v) is 14.3. The average Bonchev–Trinajstić information content (AvgIpc) is 2.64. The Morgan fingerprint density at radius 2 is 1.48 bits per heavy atom. The van der Waals surface area contributed by atoms with Crippen LogP contribution in [-0.4, -0.2) is 11.6 Å². The maximum absolute atomic E-state index is 6.48. The molecule has 1 saturated carbocycles. The van der Waals surface area contributed by atoms with Gasteiger partial charge in [-0.2, -0.15) is 0 Å². The number of nitrogens with zero attached hydrogens (tertiary/aromatic N) is 1. The van der Waals surface area contributed by atoms with Crippen molar-refractivity contribution < 1.29 is 0 Å². The van der Waals surface area contributed by atoms with Gasteiger partial charge in [0.1, 0.15) is 0 Å². The van der Waals surface area contributed by atoms with Crippen LogP contribution in [0.25, 0.3) is 0 Å². The molecule has 1 fully saturated rings. The van der Waals surface area contributed by atoms with Crippen LogP contribution < -0.4 is 0 Å². The molecule has 3 rings (SSSR count). The molecule has 0 atom stereocenters. The van der Waals surface area contributed by atoms with Crippen molar-refractivity contribution in [1.82, 2.24) is 0 Å². The fourth-order valence-corrected chi connectivity index (χ4v) is 3.97. The Morgan fingerprint density at radius 1 is 0.870 bits per heavy atom. The van der Waals surface area contributed by atoms with Gasteiger partial charge in [-0.25, -0.2) is 0 Å². The van der Waals surface area contributed by atoms with E-state index in [1.165, 1.54) is 36.1 Å².